The molecule has 11 heteroatoms. The van der Waals surface area contributed by atoms with Gasteiger partial charge in [0, 0.05) is 0 Å². The SMILES string of the molecule is O[C@H]1O[C@H](COCc2ccccc2)[C@@H](OC2O[C@@H]([C@@H](COCc3ccccc3)OCc3ccccc3)[C@H](OCc3ccccc3)[C@H]2OCc2ccccc2)[C@H](OCc2ccccc2)[C@H]1OCc1ccccc1. The zero-order valence-electron chi connectivity index (χ0n) is 40.4. The molecule has 374 valence electrons. The highest BCUT2D eigenvalue weighted by Gasteiger charge is 2.55. The largest absolute Gasteiger partial charge is 0.374 e. The van der Waals surface area contributed by atoms with Gasteiger partial charge in [-0.1, -0.05) is 212 Å². The van der Waals surface area contributed by atoms with Crippen molar-refractivity contribution >= 4 is 0 Å². The van der Waals surface area contributed by atoms with Crippen molar-refractivity contribution in [2.75, 3.05) is 13.2 Å². The van der Waals surface area contributed by atoms with E-state index >= 15 is 0 Å². The third kappa shape index (κ3) is 14.8. The van der Waals surface area contributed by atoms with Gasteiger partial charge in [0.1, 0.15) is 48.8 Å². The molecule has 7 aromatic carbocycles. The second-order valence-electron chi connectivity index (χ2n) is 18.0. The molecule has 2 saturated heterocycles. The van der Waals surface area contributed by atoms with Gasteiger partial charge < -0.3 is 52.5 Å². The summed E-state index contributed by atoms with van der Waals surface area (Å²) in [6.45, 7) is 2.03. The lowest BCUT2D eigenvalue weighted by Crippen LogP contribution is -2.62. The van der Waals surface area contributed by atoms with E-state index in [9.17, 15) is 5.11 Å². The molecule has 11 nitrogen and oxygen atoms in total. The molecule has 0 spiro atoms. The number of rotatable bonds is 26. The molecule has 2 fully saturated rings. The molecule has 0 aliphatic carbocycles. The van der Waals surface area contributed by atoms with E-state index in [1.165, 1.54) is 0 Å². The summed E-state index contributed by atoms with van der Waals surface area (Å²) in [4.78, 5) is 0. The van der Waals surface area contributed by atoms with E-state index in [-0.39, 0.29) is 46.2 Å². The Balaban J connectivity index is 1.08. The fourth-order valence-electron chi connectivity index (χ4n) is 8.96. The van der Waals surface area contributed by atoms with Gasteiger partial charge in [0.25, 0.3) is 0 Å². The van der Waals surface area contributed by atoms with Crippen molar-refractivity contribution in [3.8, 4) is 0 Å². The Morgan fingerprint density at radius 2 is 0.722 bits per heavy atom. The molecule has 0 bridgehead atoms. The molecule has 0 amide bonds. The normalized spacial score (nSPS) is 23.4. The molecule has 10 atom stereocenters. The second kappa shape index (κ2) is 27.2. The summed E-state index contributed by atoms with van der Waals surface area (Å²) in [6, 6.07) is 69.6. The number of benzene rings is 7. The Bertz CT molecular complexity index is 2550. The summed E-state index contributed by atoms with van der Waals surface area (Å²) in [6.07, 6.45) is -9.18. The average molecular weight is 973 g/mol. The average Bonchev–Trinajstić information content (AvgIpc) is 3.78. The molecule has 0 aromatic heterocycles. The number of ether oxygens (including phenoxy) is 10. The standard InChI is InChI=1S/C61H64O11/c62-60-58(68-41-50-32-18-6-19-33-50)56(66-39-48-28-14-4-15-29-48)55(53(70-60)44-64-37-46-24-10-2-11-25-46)72-61-59(69-42-51-34-20-7-21-35-51)57(67-40-49-30-16-5-17-31-49)54(71-61)52(65-38-47-26-12-3-13-27-47)43-63-36-45-22-8-1-9-23-45/h1-35,52-62H,36-44H2/t52-,53-,54+,55-,56+,57+,58-,59-,60+,61?/m1/s1. The van der Waals surface area contributed by atoms with Crippen molar-refractivity contribution < 1.29 is 52.5 Å². The van der Waals surface area contributed by atoms with E-state index in [0.29, 0.717) is 13.2 Å². The van der Waals surface area contributed by atoms with Crippen LogP contribution < -0.4 is 0 Å². The highest BCUT2D eigenvalue weighted by Crippen LogP contribution is 2.37. The number of hydrogen-bond acceptors (Lipinski definition) is 11. The predicted octanol–water partition coefficient (Wildman–Crippen LogP) is 10.2. The van der Waals surface area contributed by atoms with Crippen LogP contribution in [0.15, 0.2) is 212 Å². The van der Waals surface area contributed by atoms with E-state index in [1.54, 1.807) is 0 Å². The number of hydrogen-bond donors (Lipinski definition) is 1. The van der Waals surface area contributed by atoms with E-state index in [0.717, 1.165) is 38.9 Å². The highest BCUT2D eigenvalue weighted by atomic mass is 16.8. The van der Waals surface area contributed by atoms with Crippen molar-refractivity contribution in [1.82, 2.24) is 0 Å². The maximum atomic E-state index is 12.0. The molecule has 72 heavy (non-hydrogen) atoms. The Labute approximate surface area is 423 Å². The molecule has 7 aromatic rings. The van der Waals surface area contributed by atoms with Crippen molar-refractivity contribution in [1.29, 1.82) is 0 Å². The van der Waals surface area contributed by atoms with E-state index in [2.05, 4.69) is 0 Å². The first-order valence-corrected chi connectivity index (χ1v) is 24.8. The summed E-state index contributed by atoms with van der Waals surface area (Å²) in [5.41, 5.74) is 6.79. The molecular weight excluding hydrogens is 909 g/mol. The highest BCUT2D eigenvalue weighted by molar-refractivity contribution is 5.19. The molecule has 2 heterocycles. The Morgan fingerprint density at radius 1 is 0.361 bits per heavy atom. The van der Waals surface area contributed by atoms with Crippen LogP contribution in [0.1, 0.15) is 38.9 Å². The van der Waals surface area contributed by atoms with E-state index in [4.69, 9.17) is 47.4 Å². The fraction of sp³-hybridized carbons (Fsp3) is 0.311. The smallest absolute Gasteiger partial charge is 0.187 e. The molecule has 0 radical (unpaired) electrons. The molecule has 2 aliphatic heterocycles. The van der Waals surface area contributed by atoms with Crippen molar-refractivity contribution in [2.45, 2.75) is 108 Å². The third-order valence-electron chi connectivity index (χ3n) is 12.7. The first-order valence-electron chi connectivity index (χ1n) is 24.8. The van der Waals surface area contributed by atoms with Gasteiger partial charge in [-0.15, -0.1) is 0 Å². The molecule has 0 saturated carbocycles. The Hall–Kier alpha value is -5.90. The molecule has 9 rings (SSSR count). The first kappa shape index (κ1) is 51.0. The molecular formula is C61H64O11. The summed E-state index contributed by atoms with van der Waals surface area (Å²) in [5, 5.41) is 12.0. The lowest BCUT2D eigenvalue weighted by atomic mass is 9.97. The number of aliphatic hydroxyl groups is 1. The van der Waals surface area contributed by atoms with Crippen LogP contribution in [-0.2, 0) is 93.6 Å². The van der Waals surface area contributed by atoms with Crippen LogP contribution in [0, 0.1) is 0 Å². The van der Waals surface area contributed by atoms with Crippen molar-refractivity contribution in [3.63, 3.8) is 0 Å². The van der Waals surface area contributed by atoms with Gasteiger partial charge >= 0.3 is 0 Å². The van der Waals surface area contributed by atoms with Crippen molar-refractivity contribution in [3.05, 3.63) is 251 Å². The maximum absolute atomic E-state index is 12.0. The summed E-state index contributed by atoms with van der Waals surface area (Å²) < 4.78 is 68.3. The zero-order chi connectivity index (χ0) is 49.0. The van der Waals surface area contributed by atoms with Gasteiger partial charge in [-0.2, -0.15) is 0 Å². The van der Waals surface area contributed by atoms with Crippen LogP contribution in [0.25, 0.3) is 0 Å². The molecule has 1 N–H and O–H groups in total. The van der Waals surface area contributed by atoms with Gasteiger partial charge in [0.2, 0.25) is 0 Å². The second-order valence-corrected chi connectivity index (χ2v) is 18.0. The van der Waals surface area contributed by atoms with Gasteiger partial charge in [0.05, 0.1) is 59.5 Å². The molecule has 2 aliphatic rings. The molecule has 1 unspecified atom stereocenters. The van der Waals surface area contributed by atoms with Crippen LogP contribution in [0.5, 0.6) is 0 Å². The topological polar surface area (TPSA) is 113 Å². The van der Waals surface area contributed by atoms with Gasteiger partial charge in [-0.25, -0.2) is 0 Å². The van der Waals surface area contributed by atoms with Crippen LogP contribution in [-0.4, -0.2) is 79.7 Å². The maximum Gasteiger partial charge on any atom is 0.187 e. The third-order valence-corrected chi connectivity index (χ3v) is 12.7. The van der Waals surface area contributed by atoms with Crippen molar-refractivity contribution in [2.24, 2.45) is 0 Å². The van der Waals surface area contributed by atoms with Gasteiger partial charge in [-0.3, -0.25) is 0 Å². The first-order chi connectivity index (χ1) is 35.6. The van der Waals surface area contributed by atoms with Crippen LogP contribution in [0.3, 0.4) is 0 Å². The lowest BCUT2D eigenvalue weighted by molar-refractivity contribution is -0.339. The van der Waals surface area contributed by atoms with Crippen LogP contribution in [0.2, 0.25) is 0 Å². The van der Waals surface area contributed by atoms with Gasteiger partial charge in [-0.05, 0) is 38.9 Å². The zero-order valence-corrected chi connectivity index (χ0v) is 40.4. The van der Waals surface area contributed by atoms with Crippen LogP contribution >= 0.6 is 0 Å². The lowest BCUT2D eigenvalue weighted by Gasteiger charge is -2.45. The minimum absolute atomic E-state index is 0.0446. The van der Waals surface area contributed by atoms with Crippen LogP contribution in [0.4, 0.5) is 0 Å². The Kier molecular flexibility index (Phi) is 19.3. The minimum Gasteiger partial charge on any atom is -0.374 e. The summed E-state index contributed by atoms with van der Waals surface area (Å²) in [5.74, 6) is 0. The quantitative estimate of drug-likeness (QED) is 0.0560. The summed E-state index contributed by atoms with van der Waals surface area (Å²) >= 11 is 0. The van der Waals surface area contributed by atoms with Gasteiger partial charge in [0.15, 0.2) is 12.6 Å². The summed E-state index contributed by atoms with van der Waals surface area (Å²) in [7, 11) is 0. The number of aliphatic hydroxyl groups excluding tert-OH is 1. The minimum atomic E-state index is -1.40. The Morgan fingerprint density at radius 3 is 1.17 bits per heavy atom. The monoisotopic (exact) mass is 972 g/mol. The fourth-order valence-corrected chi connectivity index (χ4v) is 8.96. The van der Waals surface area contributed by atoms with E-state index < -0.39 is 61.4 Å². The predicted molar refractivity (Wildman–Crippen MR) is 272 cm³/mol. The van der Waals surface area contributed by atoms with E-state index in [1.807, 2.05) is 212 Å².